The molecule has 7 nitrogen and oxygen atoms in total. The van der Waals surface area contributed by atoms with Gasteiger partial charge in [0.25, 0.3) is 0 Å². The number of amidine groups is 1. The molecule has 0 saturated heterocycles. The summed E-state index contributed by atoms with van der Waals surface area (Å²) in [7, 11) is 0. The minimum absolute atomic E-state index is 0.00905. The third kappa shape index (κ3) is 3.57. The van der Waals surface area contributed by atoms with E-state index in [1.54, 1.807) is 16.7 Å². The van der Waals surface area contributed by atoms with Gasteiger partial charge in [0.05, 0.1) is 11.0 Å². The molecule has 3 aromatic rings. The highest BCUT2D eigenvalue weighted by molar-refractivity contribution is 5.98. The van der Waals surface area contributed by atoms with Crippen molar-refractivity contribution in [2.75, 3.05) is 0 Å². The van der Waals surface area contributed by atoms with Crippen LogP contribution >= 0.6 is 0 Å². The first-order valence-electron chi connectivity index (χ1n) is 9.16. The lowest BCUT2D eigenvalue weighted by molar-refractivity contribution is -0.0498. The van der Waals surface area contributed by atoms with Gasteiger partial charge < -0.3 is 15.8 Å². The normalized spacial score (nSPS) is 18.9. The lowest BCUT2D eigenvalue weighted by Gasteiger charge is -2.33. The molecule has 0 saturated carbocycles. The van der Waals surface area contributed by atoms with E-state index in [9.17, 15) is 13.2 Å². The van der Waals surface area contributed by atoms with E-state index in [2.05, 4.69) is 20.0 Å². The third-order valence-electron chi connectivity index (χ3n) is 4.67. The summed E-state index contributed by atoms with van der Waals surface area (Å²) < 4.78 is 44.8. The first kappa shape index (κ1) is 19.8. The summed E-state index contributed by atoms with van der Waals surface area (Å²) in [5.74, 6) is -0.621. The van der Waals surface area contributed by atoms with E-state index in [1.165, 1.54) is 36.4 Å². The van der Waals surface area contributed by atoms with E-state index in [-0.39, 0.29) is 11.6 Å². The van der Waals surface area contributed by atoms with Crippen LogP contribution in [0.15, 0.2) is 53.5 Å². The number of alkyl halides is 2. The summed E-state index contributed by atoms with van der Waals surface area (Å²) in [5, 5.41) is 3.11. The molecular weight excluding hydrogens is 397 g/mol. The molecule has 156 valence electrons. The van der Waals surface area contributed by atoms with Crippen LogP contribution < -0.4 is 21.5 Å². The number of fused-ring (bicyclic) bond motifs is 1. The van der Waals surface area contributed by atoms with Crippen molar-refractivity contribution in [1.29, 1.82) is 0 Å². The van der Waals surface area contributed by atoms with Gasteiger partial charge in [-0.25, -0.2) is 14.4 Å². The Morgan fingerprint density at radius 1 is 1.20 bits per heavy atom. The maximum absolute atomic E-state index is 13.9. The number of hydrogen-bond donors (Lipinski definition) is 3. The van der Waals surface area contributed by atoms with Crippen LogP contribution in [0.25, 0.3) is 16.9 Å². The Hall–Kier alpha value is -3.53. The minimum atomic E-state index is -2.93. The second-order valence-electron chi connectivity index (χ2n) is 6.71. The number of aryl methyl sites for hydroxylation is 1. The molecule has 0 aliphatic carbocycles. The summed E-state index contributed by atoms with van der Waals surface area (Å²) in [6, 6.07) is 10.1. The number of nitrogens with zero attached hydrogens (tertiary/aromatic N) is 3. The molecule has 1 aliphatic heterocycles. The molecule has 1 aromatic heterocycles. The Labute approximate surface area is 169 Å². The molecule has 1 unspecified atom stereocenters. The molecule has 1 atom stereocenters. The van der Waals surface area contributed by atoms with Crippen LogP contribution in [0.1, 0.15) is 18.3 Å². The number of benzene rings is 2. The van der Waals surface area contributed by atoms with Crippen molar-refractivity contribution in [3.63, 3.8) is 0 Å². The smallest absolute Gasteiger partial charge is 0.387 e. The van der Waals surface area contributed by atoms with Crippen molar-refractivity contribution in [2.24, 2.45) is 16.5 Å². The van der Waals surface area contributed by atoms with Crippen molar-refractivity contribution < 1.29 is 17.9 Å². The average Bonchev–Trinajstić information content (AvgIpc) is 3.05. The molecule has 0 bridgehead atoms. The molecule has 1 aliphatic rings. The Morgan fingerprint density at radius 2 is 1.93 bits per heavy atom. The van der Waals surface area contributed by atoms with Gasteiger partial charge in [-0.05, 0) is 36.4 Å². The number of imidazole rings is 1. The van der Waals surface area contributed by atoms with E-state index in [4.69, 9.17) is 11.5 Å². The van der Waals surface area contributed by atoms with Crippen LogP contribution in [-0.4, -0.2) is 22.0 Å². The fourth-order valence-corrected chi connectivity index (χ4v) is 3.39. The van der Waals surface area contributed by atoms with Crippen molar-refractivity contribution in [2.45, 2.75) is 25.7 Å². The summed E-state index contributed by atoms with van der Waals surface area (Å²) in [6.45, 7) is -1.01. The molecule has 2 heterocycles. The lowest BCUT2D eigenvalue weighted by Crippen LogP contribution is -2.52. The van der Waals surface area contributed by atoms with Gasteiger partial charge in [-0.2, -0.15) is 8.78 Å². The molecule has 10 heteroatoms. The number of aliphatic imine (C=N–C) groups is 1. The van der Waals surface area contributed by atoms with Gasteiger partial charge in [0.15, 0.2) is 0 Å². The van der Waals surface area contributed by atoms with Gasteiger partial charge in [0, 0.05) is 24.1 Å². The van der Waals surface area contributed by atoms with Crippen LogP contribution in [0, 0.1) is 5.82 Å². The largest absolute Gasteiger partial charge is 0.435 e. The molecule has 4 rings (SSSR count). The van der Waals surface area contributed by atoms with E-state index in [0.29, 0.717) is 34.7 Å². The molecule has 2 aromatic carbocycles. The zero-order chi connectivity index (χ0) is 21.5. The lowest BCUT2D eigenvalue weighted by atomic mass is 10.1. The Balaban J connectivity index is 1.75. The third-order valence-corrected chi connectivity index (χ3v) is 4.67. The Morgan fingerprint density at radius 3 is 2.60 bits per heavy atom. The molecule has 30 heavy (non-hydrogen) atoms. The molecule has 0 fully saturated rings. The number of hydrogen-bond acceptors (Lipinski definition) is 6. The maximum Gasteiger partial charge on any atom is 0.387 e. The predicted octanol–water partition coefficient (Wildman–Crippen LogP) is 2.87. The molecule has 0 radical (unpaired) electrons. The summed E-state index contributed by atoms with van der Waals surface area (Å²) >= 11 is 0. The summed E-state index contributed by atoms with van der Waals surface area (Å²) in [6.07, 6.45) is 2.15. The monoisotopic (exact) mass is 416 g/mol. The molecule has 0 spiro atoms. The van der Waals surface area contributed by atoms with Crippen molar-refractivity contribution in [1.82, 2.24) is 14.9 Å². The van der Waals surface area contributed by atoms with Crippen LogP contribution in [0.2, 0.25) is 0 Å². The van der Waals surface area contributed by atoms with E-state index >= 15 is 0 Å². The number of nitrogens with one attached hydrogen (secondary N) is 1. The second-order valence-corrected chi connectivity index (χ2v) is 6.71. The number of rotatable bonds is 5. The predicted molar refractivity (Wildman–Crippen MR) is 107 cm³/mol. The van der Waals surface area contributed by atoms with Crippen LogP contribution in [-0.2, 0) is 12.2 Å². The van der Waals surface area contributed by atoms with Crippen molar-refractivity contribution in [3.05, 3.63) is 65.7 Å². The van der Waals surface area contributed by atoms with E-state index in [0.717, 1.165) is 0 Å². The van der Waals surface area contributed by atoms with Gasteiger partial charge in [0.1, 0.15) is 29.0 Å². The van der Waals surface area contributed by atoms with Crippen LogP contribution in [0.5, 0.6) is 5.75 Å². The number of nitrogens with two attached hydrogens (primary N) is 2. The average molecular weight is 416 g/mol. The second kappa shape index (κ2) is 7.38. The first-order valence-corrected chi connectivity index (χ1v) is 9.16. The Bertz CT molecular complexity index is 1160. The van der Waals surface area contributed by atoms with Gasteiger partial charge >= 0.3 is 6.61 Å². The molecule has 0 amide bonds. The zero-order valence-corrected chi connectivity index (χ0v) is 15.9. The zero-order valence-electron chi connectivity index (χ0n) is 15.9. The highest BCUT2D eigenvalue weighted by atomic mass is 19.3. The maximum atomic E-state index is 13.9. The van der Waals surface area contributed by atoms with Crippen LogP contribution in [0.4, 0.5) is 13.2 Å². The first-order chi connectivity index (χ1) is 14.3. The van der Waals surface area contributed by atoms with Crippen molar-refractivity contribution >= 4 is 22.7 Å². The van der Waals surface area contributed by atoms with E-state index in [1.807, 2.05) is 6.92 Å². The van der Waals surface area contributed by atoms with Crippen LogP contribution in [0.3, 0.4) is 0 Å². The van der Waals surface area contributed by atoms with Crippen molar-refractivity contribution in [3.8, 4) is 5.75 Å². The summed E-state index contributed by atoms with van der Waals surface area (Å²) in [4.78, 5) is 8.81. The topological polar surface area (TPSA) is 103 Å². The fraction of sp³-hybridized carbons (Fsp3) is 0.200. The van der Waals surface area contributed by atoms with Gasteiger partial charge in [-0.1, -0.05) is 6.92 Å². The number of halogens is 3. The number of ether oxygens (including phenoxy) is 1. The standard InChI is InChI=1S/C20H19F3N6O/c1-2-17-26-14-8-5-12(21)9-15(14)29(17)18-10-16(24)27-20(25,28-18)11-3-6-13(7-4-11)30-19(22)23/h3-10,19,28H,2,25H2,1H3,(H2,24,27). The van der Waals surface area contributed by atoms with Gasteiger partial charge in [0.2, 0.25) is 5.79 Å². The van der Waals surface area contributed by atoms with E-state index < -0.39 is 18.2 Å². The molecule has 5 N–H and O–H groups in total. The SMILES string of the molecule is CCc1nc2ccc(F)cc2n1C1=CC(N)=NC(N)(c2ccc(OC(F)F)cc2)N1. The van der Waals surface area contributed by atoms with Gasteiger partial charge in [-0.15, -0.1) is 0 Å². The minimum Gasteiger partial charge on any atom is -0.435 e. The highest BCUT2D eigenvalue weighted by Crippen LogP contribution is 2.28. The number of aromatic nitrogens is 2. The fourth-order valence-electron chi connectivity index (χ4n) is 3.39. The highest BCUT2D eigenvalue weighted by Gasteiger charge is 2.32. The molecular formula is C20H19F3N6O. The Kier molecular flexibility index (Phi) is 4.86. The van der Waals surface area contributed by atoms with Gasteiger partial charge in [-0.3, -0.25) is 10.3 Å². The summed E-state index contributed by atoms with van der Waals surface area (Å²) in [5.41, 5.74) is 14.1. The quantitative estimate of drug-likeness (QED) is 0.594.